The van der Waals surface area contributed by atoms with Gasteiger partial charge in [-0.15, -0.1) is 0 Å². The van der Waals surface area contributed by atoms with Gasteiger partial charge in [-0.1, -0.05) is 12.1 Å². The van der Waals surface area contributed by atoms with Crippen molar-refractivity contribution in [1.82, 2.24) is 4.98 Å². The lowest BCUT2D eigenvalue weighted by atomic mass is 10.0. The number of methoxy groups -OCH3 is 1. The summed E-state index contributed by atoms with van der Waals surface area (Å²) in [7, 11) is 3.50. The van der Waals surface area contributed by atoms with Crippen LogP contribution in [0.15, 0.2) is 36.5 Å². The number of aromatic nitrogens is 1. The fourth-order valence-electron chi connectivity index (χ4n) is 3.39. The van der Waals surface area contributed by atoms with E-state index in [9.17, 15) is 4.79 Å². The van der Waals surface area contributed by atoms with Gasteiger partial charge in [-0.2, -0.15) is 0 Å². The van der Waals surface area contributed by atoms with Crippen molar-refractivity contribution in [3.05, 3.63) is 47.7 Å². The number of nitrogens with zero attached hydrogens (tertiary/aromatic N) is 2. The number of hydrogen-bond donors (Lipinski definition) is 2. The molecular formula is C19H22N4O2. The number of benzene rings is 1. The quantitative estimate of drug-likeness (QED) is 0.836. The molecule has 2 aliphatic rings. The second kappa shape index (κ2) is 5.95. The van der Waals surface area contributed by atoms with Crippen molar-refractivity contribution >= 4 is 23.2 Å². The van der Waals surface area contributed by atoms with Gasteiger partial charge in [0, 0.05) is 26.3 Å². The summed E-state index contributed by atoms with van der Waals surface area (Å²) in [6.45, 7) is 1.89. The molecule has 6 nitrogen and oxygen atoms in total. The van der Waals surface area contributed by atoms with E-state index in [0.717, 1.165) is 37.4 Å². The minimum atomic E-state index is -0.310. The Hall–Kier alpha value is -2.76. The van der Waals surface area contributed by atoms with Gasteiger partial charge in [0.2, 0.25) is 0 Å². The SMILES string of the molecule is COC(=O)c1ccc(C2(Nc3nccc4c3NCCN4C)CC2)cc1. The summed E-state index contributed by atoms with van der Waals surface area (Å²) in [6.07, 6.45) is 3.94. The van der Waals surface area contributed by atoms with E-state index in [1.54, 1.807) is 0 Å². The van der Waals surface area contributed by atoms with Gasteiger partial charge in [-0.05, 0) is 36.6 Å². The number of rotatable bonds is 4. The van der Waals surface area contributed by atoms with E-state index in [1.165, 1.54) is 18.4 Å². The summed E-state index contributed by atoms with van der Waals surface area (Å²) in [5.41, 5.74) is 3.87. The first-order chi connectivity index (χ1) is 12.1. The molecule has 0 bridgehead atoms. The number of carbonyl (C=O) groups excluding carboxylic acids is 1. The Balaban J connectivity index is 1.61. The van der Waals surface area contributed by atoms with Crippen LogP contribution in [0.2, 0.25) is 0 Å². The Morgan fingerprint density at radius 1 is 1.28 bits per heavy atom. The number of nitrogens with one attached hydrogen (secondary N) is 2. The summed E-state index contributed by atoms with van der Waals surface area (Å²) in [5.74, 6) is 0.578. The van der Waals surface area contributed by atoms with Crippen LogP contribution >= 0.6 is 0 Å². The van der Waals surface area contributed by atoms with E-state index in [0.29, 0.717) is 5.56 Å². The molecule has 1 aliphatic heterocycles. The van der Waals surface area contributed by atoms with Crippen molar-refractivity contribution in [3.8, 4) is 0 Å². The molecule has 130 valence electrons. The van der Waals surface area contributed by atoms with E-state index in [1.807, 2.05) is 36.5 Å². The normalized spacial score (nSPS) is 17.3. The second-order valence-corrected chi connectivity index (χ2v) is 6.68. The Morgan fingerprint density at radius 3 is 2.72 bits per heavy atom. The summed E-state index contributed by atoms with van der Waals surface area (Å²) >= 11 is 0. The fourth-order valence-corrected chi connectivity index (χ4v) is 3.39. The van der Waals surface area contributed by atoms with Crippen LogP contribution in [-0.2, 0) is 10.3 Å². The number of likely N-dealkylation sites (N-methyl/N-ethyl adjacent to an activating group) is 1. The van der Waals surface area contributed by atoms with Gasteiger partial charge in [0.05, 0.1) is 23.9 Å². The Kier molecular flexibility index (Phi) is 3.75. The van der Waals surface area contributed by atoms with Gasteiger partial charge in [0.1, 0.15) is 5.69 Å². The second-order valence-electron chi connectivity index (χ2n) is 6.68. The zero-order valence-electron chi connectivity index (χ0n) is 14.5. The molecule has 2 aromatic rings. The maximum atomic E-state index is 11.6. The van der Waals surface area contributed by atoms with Crippen LogP contribution in [0.5, 0.6) is 0 Å². The third-order valence-electron chi connectivity index (χ3n) is 5.06. The highest BCUT2D eigenvalue weighted by Gasteiger charge is 2.45. The summed E-state index contributed by atoms with van der Waals surface area (Å²) in [6, 6.07) is 9.69. The van der Waals surface area contributed by atoms with Crippen molar-refractivity contribution in [3.63, 3.8) is 0 Å². The van der Waals surface area contributed by atoms with E-state index >= 15 is 0 Å². The van der Waals surface area contributed by atoms with Crippen LogP contribution < -0.4 is 15.5 Å². The first-order valence-electron chi connectivity index (χ1n) is 8.54. The fraction of sp³-hybridized carbons (Fsp3) is 0.368. The van der Waals surface area contributed by atoms with Crippen LogP contribution in [0.3, 0.4) is 0 Å². The smallest absolute Gasteiger partial charge is 0.337 e. The van der Waals surface area contributed by atoms with Crippen LogP contribution in [-0.4, -0.2) is 38.2 Å². The predicted octanol–water partition coefficient (Wildman–Crippen LogP) is 2.83. The van der Waals surface area contributed by atoms with Gasteiger partial charge >= 0.3 is 5.97 Å². The van der Waals surface area contributed by atoms with E-state index < -0.39 is 0 Å². The molecule has 0 amide bonds. The molecule has 2 N–H and O–H groups in total. The van der Waals surface area contributed by atoms with E-state index in [-0.39, 0.29) is 11.5 Å². The number of ether oxygens (including phenoxy) is 1. The lowest BCUT2D eigenvalue weighted by molar-refractivity contribution is 0.0600. The largest absolute Gasteiger partial charge is 0.465 e. The molecule has 0 atom stereocenters. The van der Waals surface area contributed by atoms with Crippen LogP contribution in [0.4, 0.5) is 17.2 Å². The topological polar surface area (TPSA) is 66.5 Å². The van der Waals surface area contributed by atoms with Crippen molar-refractivity contribution in [2.24, 2.45) is 0 Å². The van der Waals surface area contributed by atoms with Crippen molar-refractivity contribution in [2.45, 2.75) is 18.4 Å². The third kappa shape index (κ3) is 2.77. The van der Waals surface area contributed by atoms with Gasteiger partial charge < -0.3 is 20.3 Å². The monoisotopic (exact) mass is 338 g/mol. The average Bonchev–Trinajstić information content (AvgIpc) is 3.43. The molecule has 1 fully saturated rings. The third-order valence-corrected chi connectivity index (χ3v) is 5.06. The molecule has 0 unspecified atom stereocenters. The van der Waals surface area contributed by atoms with Crippen molar-refractivity contribution < 1.29 is 9.53 Å². The maximum absolute atomic E-state index is 11.6. The summed E-state index contributed by atoms with van der Waals surface area (Å²) in [4.78, 5) is 18.4. The molecule has 1 aliphatic carbocycles. The lowest BCUT2D eigenvalue weighted by Gasteiger charge is -2.31. The highest BCUT2D eigenvalue weighted by Crippen LogP contribution is 2.49. The van der Waals surface area contributed by atoms with Gasteiger partial charge in [0.15, 0.2) is 5.82 Å². The van der Waals surface area contributed by atoms with Crippen LogP contribution in [0, 0.1) is 0 Å². The first kappa shape index (κ1) is 15.7. The molecular weight excluding hydrogens is 316 g/mol. The molecule has 2 heterocycles. The number of anilines is 3. The molecule has 25 heavy (non-hydrogen) atoms. The minimum absolute atomic E-state index is 0.103. The standard InChI is InChI=1S/C19H22N4O2/c1-23-12-11-20-16-15(23)7-10-21-17(16)22-19(8-9-19)14-5-3-13(4-6-14)18(24)25-2/h3-7,10,20H,8-9,11-12H2,1-2H3,(H,21,22). The predicted molar refractivity (Wildman–Crippen MR) is 98.3 cm³/mol. The number of hydrogen-bond acceptors (Lipinski definition) is 6. The highest BCUT2D eigenvalue weighted by molar-refractivity contribution is 5.89. The highest BCUT2D eigenvalue weighted by atomic mass is 16.5. The lowest BCUT2D eigenvalue weighted by Crippen LogP contribution is -2.31. The van der Waals surface area contributed by atoms with E-state index in [4.69, 9.17) is 4.74 Å². The molecule has 1 aromatic carbocycles. The molecule has 4 rings (SSSR count). The van der Waals surface area contributed by atoms with Crippen LogP contribution in [0.25, 0.3) is 0 Å². The van der Waals surface area contributed by atoms with Gasteiger partial charge in [-0.25, -0.2) is 9.78 Å². The zero-order valence-corrected chi connectivity index (χ0v) is 14.5. The average molecular weight is 338 g/mol. The number of esters is 1. The minimum Gasteiger partial charge on any atom is -0.465 e. The molecule has 0 spiro atoms. The number of fused-ring (bicyclic) bond motifs is 1. The number of carbonyl (C=O) groups is 1. The molecule has 1 aromatic heterocycles. The Labute approximate surface area is 147 Å². The summed E-state index contributed by atoms with van der Waals surface area (Å²) in [5, 5.41) is 7.11. The first-order valence-corrected chi connectivity index (χ1v) is 8.54. The summed E-state index contributed by atoms with van der Waals surface area (Å²) < 4.78 is 4.77. The maximum Gasteiger partial charge on any atom is 0.337 e. The Bertz CT molecular complexity index is 800. The van der Waals surface area contributed by atoms with Crippen LogP contribution in [0.1, 0.15) is 28.8 Å². The molecule has 1 saturated carbocycles. The van der Waals surface area contributed by atoms with Crippen molar-refractivity contribution in [1.29, 1.82) is 0 Å². The Morgan fingerprint density at radius 2 is 2.04 bits per heavy atom. The van der Waals surface area contributed by atoms with Gasteiger partial charge in [-0.3, -0.25) is 0 Å². The molecule has 0 saturated heterocycles. The van der Waals surface area contributed by atoms with Gasteiger partial charge in [0.25, 0.3) is 0 Å². The molecule has 6 heteroatoms. The van der Waals surface area contributed by atoms with Crippen molar-refractivity contribution in [2.75, 3.05) is 42.8 Å². The molecule has 0 radical (unpaired) electrons. The van der Waals surface area contributed by atoms with E-state index in [2.05, 4.69) is 27.6 Å². The zero-order chi connectivity index (χ0) is 17.4. The number of pyridine rings is 1.